The highest BCUT2D eigenvalue weighted by atomic mass is 35.5. The molecule has 0 spiro atoms. The molecule has 1 saturated heterocycles. The first-order valence-corrected chi connectivity index (χ1v) is 11.5. The summed E-state index contributed by atoms with van der Waals surface area (Å²) in [6.45, 7) is 7.99. The topological polar surface area (TPSA) is 75.9 Å². The Bertz CT molecular complexity index is 1120. The van der Waals surface area contributed by atoms with Gasteiger partial charge in [-0.05, 0) is 69.7 Å². The minimum atomic E-state index is -0.0501. The molecule has 4 rings (SSSR count). The summed E-state index contributed by atoms with van der Waals surface area (Å²) < 4.78 is 1.86. The van der Waals surface area contributed by atoms with Gasteiger partial charge in [0.25, 0.3) is 0 Å². The lowest BCUT2D eigenvalue weighted by Crippen LogP contribution is -2.30. The van der Waals surface area contributed by atoms with Gasteiger partial charge in [0.1, 0.15) is 12.1 Å². The van der Waals surface area contributed by atoms with Crippen molar-refractivity contribution in [2.24, 2.45) is 0 Å². The number of anilines is 2. The molecule has 0 bridgehead atoms. The maximum Gasteiger partial charge on any atom is 0.224 e. The smallest absolute Gasteiger partial charge is 0.224 e. The molecular formula is C24H29ClN6O. The average Bonchev–Trinajstić information content (AvgIpc) is 3.09. The van der Waals surface area contributed by atoms with Gasteiger partial charge in [-0.2, -0.15) is 5.10 Å². The molecule has 0 saturated carbocycles. The number of nitrogens with one attached hydrogen (secondary N) is 1. The van der Waals surface area contributed by atoms with Crippen LogP contribution in [0.25, 0.3) is 5.82 Å². The number of hydrogen-bond donors (Lipinski definition) is 1. The van der Waals surface area contributed by atoms with Crippen molar-refractivity contribution in [3.8, 4) is 5.82 Å². The van der Waals surface area contributed by atoms with E-state index < -0.39 is 0 Å². The fourth-order valence-corrected chi connectivity index (χ4v) is 4.32. The van der Waals surface area contributed by atoms with Crippen LogP contribution in [-0.2, 0) is 11.2 Å². The van der Waals surface area contributed by atoms with Gasteiger partial charge in [-0.3, -0.25) is 4.79 Å². The van der Waals surface area contributed by atoms with E-state index in [1.165, 1.54) is 19.3 Å². The summed E-state index contributed by atoms with van der Waals surface area (Å²) in [6, 6.07) is 7.54. The van der Waals surface area contributed by atoms with Crippen LogP contribution in [0.4, 0.5) is 11.5 Å². The summed E-state index contributed by atoms with van der Waals surface area (Å²) in [5.41, 5.74) is 4.67. The van der Waals surface area contributed by atoms with Gasteiger partial charge in [0.05, 0.1) is 5.69 Å². The molecule has 8 heteroatoms. The van der Waals surface area contributed by atoms with Crippen LogP contribution in [0.15, 0.2) is 30.6 Å². The molecule has 1 amide bonds. The summed E-state index contributed by atoms with van der Waals surface area (Å²) in [5.74, 6) is 1.65. The Hall–Kier alpha value is -2.93. The van der Waals surface area contributed by atoms with Gasteiger partial charge in [-0.1, -0.05) is 17.7 Å². The van der Waals surface area contributed by atoms with Crippen molar-refractivity contribution in [2.45, 2.75) is 52.9 Å². The third kappa shape index (κ3) is 4.93. The monoisotopic (exact) mass is 452 g/mol. The Morgan fingerprint density at radius 1 is 1.06 bits per heavy atom. The van der Waals surface area contributed by atoms with E-state index in [4.69, 9.17) is 16.7 Å². The molecule has 0 radical (unpaired) electrons. The zero-order chi connectivity index (χ0) is 22.7. The number of carbonyl (C=O) groups is 1. The predicted molar refractivity (Wildman–Crippen MR) is 128 cm³/mol. The standard InChI is InChI=1S/C24H29ClN6O/c1-16-7-8-19(13-21(16)25)28-24(32)10-9-20-17(2)29-31(18(20)3)23-14-22(26-15-27-23)30-11-5-4-6-12-30/h7-8,13-15H,4-6,9-12H2,1-3H3,(H,28,32). The number of nitrogens with zero attached hydrogens (tertiary/aromatic N) is 5. The van der Waals surface area contributed by atoms with Gasteiger partial charge in [0.15, 0.2) is 5.82 Å². The van der Waals surface area contributed by atoms with E-state index in [0.29, 0.717) is 23.6 Å². The average molecular weight is 453 g/mol. The molecule has 7 nitrogen and oxygen atoms in total. The summed E-state index contributed by atoms with van der Waals surface area (Å²) >= 11 is 6.16. The lowest BCUT2D eigenvalue weighted by Gasteiger charge is -2.27. The molecular weight excluding hydrogens is 424 g/mol. The maximum atomic E-state index is 12.5. The van der Waals surface area contributed by atoms with Gasteiger partial charge < -0.3 is 10.2 Å². The van der Waals surface area contributed by atoms with Crippen molar-refractivity contribution in [1.82, 2.24) is 19.7 Å². The highest BCUT2D eigenvalue weighted by Crippen LogP contribution is 2.23. The first-order valence-electron chi connectivity index (χ1n) is 11.1. The summed E-state index contributed by atoms with van der Waals surface area (Å²) in [7, 11) is 0. The number of amides is 1. The zero-order valence-corrected chi connectivity index (χ0v) is 19.6. The Balaban J connectivity index is 1.46. The maximum absolute atomic E-state index is 12.5. The molecule has 3 heterocycles. The van der Waals surface area contributed by atoms with Crippen molar-refractivity contribution in [3.05, 3.63) is 58.1 Å². The minimum Gasteiger partial charge on any atom is -0.356 e. The van der Waals surface area contributed by atoms with E-state index in [2.05, 4.69) is 20.2 Å². The second-order valence-electron chi connectivity index (χ2n) is 8.36. The third-order valence-electron chi connectivity index (χ3n) is 6.03. The molecule has 3 aromatic rings. The lowest BCUT2D eigenvalue weighted by molar-refractivity contribution is -0.116. The molecule has 0 unspecified atom stereocenters. The van der Waals surface area contributed by atoms with Crippen LogP contribution in [0.2, 0.25) is 5.02 Å². The fraction of sp³-hybridized carbons (Fsp3) is 0.417. The number of carbonyl (C=O) groups excluding carboxylic acids is 1. The van der Waals surface area contributed by atoms with Crippen molar-refractivity contribution in [3.63, 3.8) is 0 Å². The van der Waals surface area contributed by atoms with Crippen LogP contribution in [-0.4, -0.2) is 38.7 Å². The number of aromatic nitrogens is 4. The normalized spacial score (nSPS) is 13.9. The summed E-state index contributed by atoms with van der Waals surface area (Å²) in [4.78, 5) is 23.7. The Morgan fingerprint density at radius 2 is 1.81 bits per heavy atom. The Morgan fingerprint density at radius 3 is 2.56 bits per heavy atom. The van der Waals surface area contributed by atoms with E-state index in [9.17, 15) is 4.79 Å². The number of hydrogen-bond acceptors (Lipinski definition) is 5. The van der Waals surface area contributed by atoms with Gasteiger partial charge in [0.2, 0.25) is 5.91 Å². The van der Waals surface area contributed by atoms with Crippen molar-refractivity contribution < 1.29 is 4.79 Å². The van der Waals surface area contributed by atoms with Gasteiger partial charge in [-0.15, -0.1) is 0 Å². The van der Waals surface area contributed by atoms with Crippen LogP contribution in [0.1, 0.15) is 48.2 Å². The van der Waals surface area contributed by atoms with E-state index in [1.807, 2.05) is 43.7 Å². The van der Waals surface area contributed by atoms with Crippen LogP contribution in [0.5, 0.6) is 0 Å². The van der Waals surface area contributed by atoms with Gasteiger partial charge >= 0.3 is 0 Å². The van der Waals surface area contributed by atoms with Gasteiger partial charge in [-0.25, -0.2) is 14.6 Å². The largest absolute Gasteiger partial charge is 0.356 e. The van der Waals surface area contributed by atoms with E-state index >= 15 is 0 Å². The molecule has 1 N–H and O–H groups in total. The third-order valence-corrected chi connectivity index (χ3v) is 6.44. The lowest BCUT2D eigenvalue weighted by atomic mass is 10.1. The van der Waals surface area contributed by atoms with E-state index in [-0.39, 0.29) is 5.91 Å². The summed E-state index contributed by atoms with van der Waals surface area (Å²) in [6.07, 6.45) is 6.24. The molecule has 0 aliphatic carbocycles. The zero-order valence-electron chi connectivity index (χ0n) is 18.9. The number of halogens is 1. The second kappa shape index (κ2) is 9.69. The Kier molecular flexibility index (Phi) is 6.74. The van der Waals surface area contributed by atoms with Gasteiger partial charge in [0, 0.05) is 42.0 Å². The molecule has 1 aromatic carbocycles. The number of aryl methyl sites for hydroxylation is 2. The summed E-state index contributed by atoms with van der Waals surface area (Å²) in [5, 5.41) is 8.28. The minimum absolute atomic E-state index is 0.0501. The highest BCUT2D eigenvalue weighted by molar-refractivity contribution is 6.31. The molecule has 1 aliphatic heterocycles. The fourth-order valence-electron chi connectivity index (χ4n) is 4.14. The Labute approximate surface area is 193 Å². The van der Waals surface area contributed by atoms with Crippen LogP contribution < -0.4 is 10.2 Å². The SMILES string of the molecule is Cc1ccc(NC(=O)CCc2c(C)nn(-c3cc(N4CCCCC4)ncn3)c2C)cc1Cl. The highest BCUT2D eigenvalue weighted by Gasteiger charge is 2.17. The van der Waals surface area contributed by atoms with Crippen LogP contribution >= 0.6 is 11.6 Å². The van der Waals surface area contributed by atoms with Crippen molar-refractivity contribution in [2.75, 3.05) is 23.3 Å². The molecule has 2 aromatic heterocycles. The second-order valence-corrected chi connectivity index (χ2v) is 8.76. The first-order chi connectivity index (χ1) is 15.4. The van der Waals surface area contributed by atoms with E-state index in [1.54, 1.807) is 12.4 Å². The molecule has 168 valence electrons. The molecule has 1 aliphatic rings. The van der Waals surface area contributed by atoms with Crippen molar-refractivity contribution in [1.29, 1.82) is 0 Å². The van der Waals surface area contributed by atoms with E-state index in [0.717, 1.165) is 47.2 Å². The van der Waals surface area contributed by atoms with Crippen molar-refractivity contribution >= 4 is 29.0 Å². The molecule has 32 heavy (non-hydrogen) atoms. The quantitative estimate of drug-likeness (QED) is 0.581. The first kappa shape index (κ1) is 22.3. The number of benzene rings is 1. The predicted octanol–water partition coefficient (Wildman–Crippen LogP) is 4.80. The number of piperidine rings is 1. The van der Waals surface area contributed by atoms with Crippen LogP contribution in [0, 0.1) is 20.8 Å². The van der Waals surface area contributed by atoms with Crippen LogP contribution in [0.3, 0.4) is 0 Å². The molecule has 1 fully saturated rings. The molecule has 0 atom stereocenters. The number of rotatable bonds is 6.